The highest BCUT2D eigenvalue weighted by Gasteiger charge is 2.15. The fraction of sp³-hybridized carbons (Fsp3) is 0.296. The minimum Gasteiger partial charge on any atom is -0.490 e. The minimum atomic E-state index is -1.02. The van der Waals surface area contributed by atoms with Gasteiger partial charge >= 0.3 is 5.97 Å². The number of carbonyl (C=O) groups is 1. The standard InChI is InChI=1S/C27H30FNO4.ClH/c1-17(2)33-26-15-21(11-12-24(26)27(31)32)20-9-7-19(8-10-20)13-18(3)29-16-25(30)22-5-4-6-23(28)14-22;/h4-12,14-15,17-18,25,29-30H,13,16H2,1-3H3,(H,31,32);1H/t18-,25+;/m1./s1. The van der Waals surface area contributed by atoms with Crippen LogP contribution in [0.5, 0.6) is 5.75 Å². The Morgan fingerprint density at radius 3 is 2.29 bits per heavy atom. The molecule has 3 aromatic carbocycles. The Balaban J connectivity index is 0.00000408. The lowest BCUT2D eigenvalue weighted by Crippen LogP contribution is -2.32. The molecule has 0 spiro atoms. The number of carboxylic acids is 1. The Kier molecular flexibility index (Phi) is 10.1. The zero-order chi connectivity index (χ0) is 24.0. The van der Waals surface area contributed by atoms with Crippen molar-refractivity contribution >= 4 is 18.4 Å². The van der Waals surface area contributed by atoms with Crippen LogP contribution in [0.25, 0.3) is 11.1 Å². The van der Waals surface area contributed by atoms with Crippen molar-refractivity contribution in [3.63, 3.8) is 0 Å². The van der Waals surface area contributed by atoms with E-state index in [4.69, 9.17) is 4.74 Å². The number of hydrogen-bond donors (Lipinski definition) is 3. The summed E-state index contributed by atoms with van der Waals surface area (Å²) in [6.07, 6.45) is -0.147. The molecule has 3 rings (SSSR count). The lowest BCUT2D eigenvalue weighted by Gasteiger charge is -2.18. The Hall–Kier alpha value is -2.93. The van der Waals surface area contributed by atoms with Gasteiger partial charge in [-0.05, 0) is 73.7 Å². The molecule has 0 amide bonds. The summed E-state index contributed by atoms with van der Waals surface area (Å²) in [7, 11) is 0. The molecule has 0 radical (unpaired) electrons. The molecule has 3 N–H and O–H groups in total. The van der Waals surface area contributed by atoms with Crippen LogP contribution in [0.1, 0.15) is 48.4 Å². The van der Waals surface area contributed by atoms with Gasteiger partial charge in [-0.3, -0.25) is 0 Å². The van der Waals surface area contributed by atoms with E-state index in [1.54, 1.807) is 30.3 Å². The molecule has 0 aliphatic carbocycles. The molecule has 0 saturated carbocycles. The zero-order valence-corrected chi connectivity index (χ0v) is 20.3. The zero-order valence-electron chi connectivity index (χ0n) is 19.5. The average molecular weight is 488 g/mol. The molecular formula is C27H31ClFNO4. The number of halogens is 2. The summed E-state index contributed by atoms with van der Waals surface area (Å²) >= 11 is 0. The first-order valence-corrected chi connectivity index (χ1v) is 11.0. The summed E-state index contributed by atoms with van der Waals surface area (Å²) < 4.78 is 19.0. The van der Waals surface area contributed by atoms with E-state index in [0.29, 0.717) is 17.9 Å². The monoisotopic (exact) mass is 487 g/mol. The van der Waals surface area contributed by atoms with Gasteiger partial charge in [-0.25, -0.2) is 9.18 Å². The van der Waals surface area contributed by atoms with E-state index in [9.17, 15) is 19.4 Å². The Labute approximate surface area is 206 Å². The van der Waals surface area contributed by atoms with Crippen LogP contribution in [0.2, 0.25) is 0 Å². The molecule has 2 atom stereocenters. The van der Waals surface area contributed by atoms with Crippen molar-refractivity contribution in [3.05, 3.63) is 89.2 Å². The molecule has 0 aromatic heterocycles. The molecule has 0 unspecified atom stereocenters. The van der Waals surface area contributed by atoms with Gasteiger partial charge in [0.2, 0.25) is 0 Å². The maximum atomic E-state index is 13.3. The normalized spacial score (nSPS) is 12.6. The second-order valence-electron chi connectivity index (χ2n) is 8.46. The van der Waals surface area contributed by atoms with E-state index in [2.05, 4.69) is 5.32 Å². The van der Waals surface area contributed by atoms with Gasteiger partial charge in [-0.2, -0.15) is 0 Å². The number of aromatic carboxylic acids is 1. The molecule has 5 nitrogen and oxygen atoms in total. The summed E-state index contributed by atoms with van der Waals surface area (Å²) in [5.74, 6) is -1.02. The number of rotatable bonds is 10. The second kappa shape index (κ2) is 12.5. The fourth-order valence-corrected chi connectivity index (χ4v) is 3.63. The predicted molar refractivity (Wildman–Crippen MR) is 134 cm³/mol. The van der Waals surface area contributed by atoms with E-state index in [-0.39, 0.29) is 35.9 Å². The lowest BCUT2D eigenvalue weighted by atomic mass is 9.99. The van der Waals surface area contributed by atoms with Crippen molar-refractivity contribution in [1.29, 1.82) is 0 Å². The van der Waals surface area contributed by atoms with Crippen LogP contribution < -0.4 is 10.1 Å². The molecule has 0 bridgehead atoms. The Morgan fingerprint density at radius 1 is 1.00 bits per heavy atom. The molecular weight excluding hydrogens is 457 g/mol. The molecule has 3 aromatic rings. The number of hydrogen-bond acceptors (Lipinski definition) is 4. The van der Waals surface area contributed by atoms with Gasteiger partial charge in [0.15, 0.2) is 0 Å². The number of aliphatic hydroxyl groups is 1. The van der Waals surface area contributed by atoms with Gasteiger partial charge in [-0.1, -0.05) is 42.5 Å². The largest absolute Gasteiger partial charge is 0.490 e. The van der Waals surface area contributed by atoms with E-state index >= 15 is 0 Å². The molecule has 182 valence electrons. The summed E-state index contributed by atoms with van der Waals surface area (Å²) in [6.45, 7) is 6.09. The highest BCUT2D eigenvalue weighted by atomic mass is 35.5. The van der Waals surface area contributed by atoms with E-state index in [1.807, 2.05) is 45.0 Å². The first kappa shape index (κ1) is 27.3. The maximum Gasteiger partial charge on any atom is 0.339 e. The van der Waals surface area contributed by atoms with Gasteiger partial charge in [0.25, 0.3) is 0 Å². The summed E-state index contributed by atoms with van der Waals surface area (Å²) in [5.41, 5.74) is 3.66. The Morgan fingerprint density at radius 2 is 1.68 bits per heavy atom. The van der Waals surface area contributed by atoms with Crippen LogP contribution in [0.3, 0.4) is 0 Å². The number of benzene rings is 3. The molecule has 0 aliphatic heterocycles. The number of ether oxygens (including phenoxy) is 1. The van der Waals surface area contributed by atoms with Crippen LogP contribution in [0, 0.1) is 5.82 Å². The highest BCUT2D eigenvalue weighted by molar-refractivity contribution is 5.92. The summed E-state index contributed by atoms with van der Waals surface area (Å²) in [6, 6.07) is 19.3. The van der Waals surface area contributed by atoms with E-state index < -0.39 is 12.1 Å². The lowest BCUT2D eigenvalue weighted by molar-refractivity contribution is 0.0690. The van der Waals surface area contributed by atoms with Crippen molar-refractivity contribution in [3.8, 4) is 16.9 Å². The van der Waals surface area contributed by atoms with Gasteiger partial charge in [0.1, 0.15) is 17.1 Å². The first-order valence-electron chi connectivity index (χ1n) is 11.0. The van der Waals surface area contributed by atoms with Crippen LogP contribution in [0.15, 0.2) is 66.7 Å². The van der Waals surface area contributed by atoms with E-state index in [0.717, 1.165) is 23.1 Å². The maximum absolute atomic E-state index is 13.3. The quantitative estimate of drug-likeness (QED) is 0.344. The van der Waals surface area contributed by atoms with Crippen LogP contribution in [-0.2, 0) is 6.42 Å². The summed E-state index contributed by atoms with van der Waals surface area (Å²) in [5, 5.41) is 23.0. The highest BCUT2D eigenvalue weighted by Crippen LogP contribution is 2.29. The van der Waals surface area contributed by atoms with Gasteiger partial charge in [-0.15, -0.1) is 12.4 Å². The topological polar surface area (TPSA) is 78.8 Å². The second-order valence-corrected chi connectivity index (χ2v) is 8.46. The first-order chi connectivity index (χ1) is 15.7. The van der Waals surface area contributed by atoms with Gasteiger partial charge in [0.05, 0.1) is 12.2 Å². The SMILES string of the molecule is CC(C)Oc1cc(-c2ccc(C[C@@H](C)NC[C@H](O)c3cccc(F)c3)cc2)ccc1C(=O)O.Cl. The number of carboxylic acid groups (broad SMARTS) is 1. The van der Waals surface area contributed by atoms with Crippen molar-refractivity contribution in [2.75, 3.05) is 6.54 Å². The third-order valence-electron chi connectivity index (χ3n) is 5.30. The van der Waals surface area contributed by atoms with Crippen molar-refractivity contribution in [1.82, 2.24) is 5.32 Å². The number of aliphatic hydroxyl groups excluding tert-OH is 1. The van der Waals surface area contributed by atoms with Crippen molar-refractivity contribution < 1.29 is 24.1 Å². The molecule has 0 aliphatic rings. The third-order valence-corrected chi connectivity index (χ3v) is 5.30. The fourth-order valence-electron chi connectivity index (χ4n) is 3.63. The van der Waals surface area contributed by atoms with Crippen molar-refractivity contribution in [2.45, 2.75) is 45.4 Å². The average Bonchev–Trinajstić information content (AvgIpc) is 2.77. The van der Waals surface area contributed by atoms with Crippen LogP contribution >= 0.6 is 12.4 Å². The smallest absolute Gasteiger partial charge is 0.339 e. The molecule has 7 heteroatoms. The van der Waals surface area contributed by atoms with Crippen LogP contribution in [-0.4, -0.2) is 34.9 Å². The number of nitrogens with one attached hydrogen (secondary N) is 1. The van der Waals surface area contributed by atoms with Crippen LogP contribution in [0.4, 0.5) is 4.39 Å². The minimum absolute atomic E-state index is 0. The van der Waals surface area contributed by atoms with E-state index in [1.165, 1.54) is 12.1 Å². The predicted octanol–water partition coefficient (Wildman–Crippen LogP) is 5.65. The van der Waals surface area contributed by atoms with Gasteiger partial charge < -0.3 is 20.3 Å². The van der Waals surface area contributed by atoms with Gasteiger partial charge in [0, 0.05) is 12.6 Å². The molecule has 34 heavy (non-hydrogen) atoms. The third kappa shape index (κ3) is 7.55. The Bertz CT molecular complexity index is 1090. The molecule has 0 heterocycles. The molecule has 0 saturated heterocycles. The molecule has 0 fully saturated rings. The van der Waals surface area contributed by atoms with Crippen molar-refractivity contribution in [2.24, 2.45) is 0 Å². The summed E-state index contributed by atoms with van der Waals surface area (Å²) in [4.78, 5) is 11.5.